The van der Waals surface area contributed by atoms with Gasteiger partial charge in [-0.3, -0.25) is 0 Å². The van der Waals surface area contributed by atoms with Gasteiger partial charge in [-0.05, 0) is 19.3 Å². The quantitative estimate of drug-likeness (QED) is 0.340. The fourth-order valence-electron chi connectivity index (χ4n) is 2.82. The standard InChI is InChI=1S/C20H42N2O/c1-4-7-9-11-13-15-18-22(20(23)21-17-6-3)19-16-14-12-10-8-5-2/h4-19H2,1-3H3,(H,21,23). The van der Waals surface area contributed by atoms with Crippen LogP contribution in [0.3, 0.4) is 0 Å². The van der Waals surface area contributed by atoms with Crippen molar-refractivity contribution in [1.82, 2.24) is 10.2 Å². The second-order valence-corrected chi connectivity index (χ2v) is 6.75. The van der Waals surface area contributed by atoms with Crippen molar-refractivity contribution < 1.29 is 4.79 Å². The first-order valence-electron chi connectivity index (χ1n) is 10.3. The summed E-state index contributed by atoms with van der Waals surface area (Å²) in [4.78, 5) is 14.3. The maximum absolute atomic E-state index is 12.2. The summed E-state index contributed by atoms with van der Waals surface area (Å²) < 4.78 is 0. The molecule has 1 N–H and O–H groups in total. The second-order valence-electron chi connectivity index (χ2n) is 6.75. The van der Waals surface area contributed by atoms with E-state index in [-0.39, 0.29) is 6.03 Å². The number of hydrogen-bond acceptors (Lipinski definition) is 1. The molecule has 138 valence electrons. The molecule has 2 amide bonds. The van der Waals surface area contributed by atoms with Crippen LogP contribution in [0.2, 0.25) is 0 Å². The fourth-order valence-corrected chi connectivity index (χ4v) is 2.82. The minimum atomic E-state index is 0.147. The molecule has 3 heteroatoms. The van der Waals surface area contributed by atoms with E-state index in [2.05, 4.69) is 31.0 Å². The molecule has 0 saturated carbocycles. The minimum absolute atomic E-state index is 0.147. The predicted octanol–water partition coefficient (Wildman–Crippen LogP) is 6.13. The highest BCUT2D eigenvalue weighted by Crippen LogP contribution is 2.09. The van der Waals surface area contributed by atoms with Crippen LogP contribution in [-0.4, -0.2) is 30.6 Å². The third kappa shape index (κ3) is 14.6. The van der Waals surface area contributed by atoms with Gasteiger partial charge in [-0.1, -0.05) is 85.0 Å². The summed E-state index contributed by atoms with van der Waals surface area (Å²) in [6, 6.07) is 0.147. The van der Waals surface area contributed by atoms with Gasteiger partial charge in [-0.2, -0.15) is 0 Å². The third-order valence-electron chi connectivity index (χ3n) is 4.38. The number of urea groups is 1. The van der Waals surface area contributed by atoms with Gasteiger partial charge in [0.1, 0.15) is 0 Å². The molecule has 0 radical (unpaired) electrons. The van der Waals surface area contributed by atoms with Crippen molar-refractivity contribution in [3.8, 4) is 0 Å². The number of rotatable bonds is 16. The summed E-state index contributed by atoms with van der Waals surface area (Å²) in [5.74, 6) is 0. The summed E-state index contributed by atoms with van der Waals surface area (Å²) in [6.07, 6.45) is 16.4. The average Bonchev–Trinajstić information content (AvgIpc) is 2.56. The number of nitrogens with zero attached hydrogens (tertiary/aromatic N) is 1. The fraction of sp³-hybridized carbons (Fsp3) is 0.950. The molecule has 0 rings (SSSR count). The largest absolute Gasteiger partial charge is 0.338 e. The summed E-state index contributed by atoms with van der Waals surface area (Å²) in [5.41, 5.74) is 0. The molecule has 23 heavy (non-hydrogen) atoms. The molecule has 0 aromatic heterocycles. The molecular formula is C20H42N2O. The Morgan fingerprint density at radius 1 is 0.652 bits per heavy atom. The van der Waals surface area contributed by atoms with Gasteiger partial charge in [0.25, 0.3) is 0 Å². The van der Waals surface area contributed by atoms with Crippen LogP contribution in [-0.2, 0) is 0 Å². The van der Waals surface area contributed by atoms with E-state index < -0.39 is 0 Å². The van der Waals surface area contributed by atoms with Crippen LogP contribution < -0.4 is 5.32 Å². The second kappa shape index (κ2) is 17.6. The zero-order valence-electron chi connectivity index (χ0n) is 16.2. The highest BCUT2D eigenvalue weighted by atomic mass is 16.2. The van der Waals surface area contributed by atoms with Crippen LogP contribution in [0.25, 0.3) is 0 Å². The molecule has 0 aliphatic rings. The van der Waals surface area contributed by atoms with Crippen molar-refractivity contribution in [2.45, 2.75) is 104 Å². The van der Waals surface area contributed by atoms with E-state index in [1.807, 2.05) is 0 Å². The lowest BCUT2D eigenvalue weighted by Gasteiger charge is -2.23. The number of carbonyl (C=O) groups is 1. The summed E-state index contributed by atoms with van der Waals surface area (Å²) in [6.45, 7) is 9.25. The van der Waals surface area contributed by atoms with Crippen LogP contribution in [0.5, 0.6) is 0 Å². The first-order valence-corrected chi connectivity index (χ1v) is 10.3. The van der Waals surface area contributed by atoms with E-state index in [1.165, 1.54) is 64.2 Å². The van der Waals surface area contributed by atoms with E-state index in [9.17, 15) is 4.79 Å². The summed E-state index contributed by atoms with van der Waals surface area (Å²) in [7, 11) is 0. The molecule has 0 aliphatic heterocycles. The van der Waals surface area contributed by atoms with Gasteiger partial charge >= 0.3 is 6.03 Å². The molecule has 0 saturated heterocycles. The van der Waals surface area contributed by atoms with Crippen molar-refractivity contribution >= 4 is 6.03 Å². The van der Waals surface area contributed by atoms with E-state index in [1.54, 1.807) is 0 Å². The van der Waals surface area contributed by atoms with Gasteiger partial charge in [-0.25, -0.2) is 4.79 Å². The molecule has 0 spiro atoms. The Morgan fingerprint density at radius 2 is 1.09 bits per heavy atom. The number of unbranched alkanes of at least 4 members (excludes halogenated alkanes) is 10. The lowest BCUT2D eigenvalue weighted by molar-refractivity contribution is 0.195. The van der Waals surface area contributed by atoms with E-state index >= 15 is 0 Å². The Kier molecular flexibility index (Phi) is 17.1. The normalized spacial score (nSPS) is 10.7. The number of carbonyl (C=O) groups excluding carboxylic acids is 1. The van der Waals surface area contributed by atoms with Gasteiger partial charge in [0, 0.05) is 19.6 Å². The lowest BCUT2D eigenvalue weighted by Crippen LogP contribution is -2.41. The number of nitrogens with one attached hydrogen (secondary N) is 1. The maximum atomic E-state index is 12.2. The van der Waals surface area contributed by atoms with Gasteiger partial charge in [0.05, 0.1) is 0 Å². The SMILES string of the molecule is CCCCCCCCN(CCCCCCCC)C(=O)NCCC. The molecule has 3 nitrogen and oxygen atoms in total. The highest BCUT2D eigenvalue weighted by molar-refractivity contribution is 5.74. The Labute approximate surface area is 145 Å². The van der Waals surface area contributed by atoms with Crippen molar-refractivity contribution in [3.05, 3.63) is 0 Å². The number of hydrogen-bond donors (Lipinski definition) is 1. The van der Waals surface area contributed by atoms with E-state index in [0.29, 0.717) is 0 Å². The van der Waals surface area contributed by atoms with Gasteiger partial charge in [-0.15, -0.1) is 0 Å². The molecule has 0 aromatic carbocycles. The van der Waals surface area contributed by atoms with Gasteiger partial charge in [0.2, 0.25) is 0 Å². The van der Waals surface area contributed by atoms with Crippen LogP contribution in [0.4, 0.5) is 4.79 Å². The van der Waals surface area contributed by atoms with Gasteiger partial charge < -0.3 is 10.2 Å². The van der Waals surface area contributed by atoms with Crippen molar-refractivity contribution in [1.29, 1.82) is 0 Å². The summed E-state index contributed by atoms with van der Waals surface area (Å²) in [5, 5.41) is 3.04. The Balaban J connectivity index is 3.91. The molecule has 0 atom stereocenters. The molecule has 0 unspecified atom stereocenters. The topological polar surface area (TPSA) is 32.3 Å². The monoisotopic (exact) mass is 326 g/mol. The zero-order valence-corrected chi connectivity index (χ0v) is 16.2. The van der Waals surface area contributed by atoms with Crippen molar-refractivity contribution in [3.63, 3.8) is 0 Å². The zero-order chi connectivity index (χ0) is 17.2. The highest BCUT2D eigenvalue weighted by Gasteiger charge is 2.11. The molecule has 0 aliphatic carbocycles. The molecule has 0 aromatic rings. The first-order chi connectivity index (χ1) is 11.3. The summed E-state index contributed by atoms with van der Waals surface area (Å²) >= 11 is 0. The van der Waals surface area contributed by atoms with Crippen LogP contribution >= 0.6 is 0 Å². The maximum Gasteiger partial charge on any atom is 0.317 e. The van der Waals surface area contributed by atoms with Crippen LogP contribution in [0.15, 0.2) is 0 Å². The smallest absolute Gasteiger partial charge is 0.317 e. The average molecular weight is 327 g/mol. The van der Waals surface area contributed by atoms with E-state index in [0.717, 1.165) is 38.9 Å². The molecule has 0 fully saturated rings. The van der Waals surface area contributed by atoms with Crippen molar-refractivity contribution in [2.75, 3.05) is 19.6 Å². The lowest BCUT2D eigenvalue weighted by atomic mass is 10.1. The Morgan fingerprint density at radius 3 is 1.52 bits per heavy atom. The third-order valence-corrected chi connectivity index (χ3v) is 4.38. The minimum Gasteiger partial charge on any atom is -0.338 e. The van der Waals surface area contributed by atoms with Crippen LogP contribution in [0.1, 0.15) is 104 Å². The number of amides is 2. The first kappa shape index (κ1) is 22.3. The van der Waals surface area contributed by atoms with Crippen LogP contribution in [0, 0.1) is 0 Å². The predicted molar refractivity (Wildman–Crippen MR) is 102 cm³/mol. The molecule has 0 bridgehead atoms. The van der Waals surface area contributed by atoms with Gasteiger partial charge in [0.15, 0.2) is 0 Å². The van der Waals surface area contributed by atoms with E-state index in [4.69, 9.17) is 0 Å². The Bertz CT molecular complexity index is 240. The van der Waals surface area contributed by atoms with Crippen molar-refractivity contribution in [2.24, 2.45) is 0 Å². The Hall–Kier alpha value is -0.730. The molecular weight excluding hydrogens is 284 g/mol. The molecule has 0 heterocycles.